The molecule has 0 aromatic heterocycles. The number of hydrogen-bond acceptors (Lipinski definition) is 5. The average Bonchev–Trinajstić information content (AvgIpc) is 3.44. The third kappa shape index (κ3) is 4.24. The zero-order chi connectivity index (χ0) is 25.0. The van der Waals surface area contributed by atoms with E-state index in [0.717, 1.165) is 4.90 Å². The van der Waals surface area contributed by atoms with Crippen LogP contribution in [0.25, 0.3) is 0 Å². The molecule has 6 atom stereocenters. The lowest BCUT2D eigenvalue weighted by molar-refractivity contribution is -0.123. The highest BCUT2D eigenvalue weighted by atomic mass is 79.9. The van der Waals surface area contributed by atoms with Gasteiger partial charge in [0.25, 0.3) is 5.91 Å². The smallest absolute Gasteiger partial charge is 0.338 e. The van der Waals surface area contributed by atoms with E-state index in [4.69, 9.17) is 39.5 Å². The highest BCUT2D eigenvalue weighted by molar-refractivity contribution is 9.10. The van der Waals surface area contributed by atoms with E-state index < -0.39 is 30.3 Å². The lowest BCUT2D eigenvalue weighted by atomic mass is 9.80. The second-order valence-electron chi connectivity index (χ2n) is 8.82. The van der Waals surface area contributed by atoms with Crippen LogP contribution in [0.3, 0.4) is 0 Å². The Morgan fingerprint density at radius 3 is 2.31 bits per heavy atom. The lowest BCUT2D eigenvalue weighted by Gasteiger charge is -2.28. The zero-order valence-corrected chi connectivity index (χ0v) is 21.8. The SMILES string of the molecule is O=C(COC(=O)c1cccc(N2C(=O)[C@@H]3[C@H]4C[C@@H]([C@H](Cl)[C@H]4Cl)[C@@H]3C2=O)c1)Nc1ccc(Br)c(Cl)c1. The van der Waals surface area contributed by atoms with E-state index in [0.29, 0.717) is 21.6 Å². The van der Waals surface area contributed by atoms with Gasteiger partial charge in [0.05, 0.1) is 38.9 Å². The van der Waals surface area contributed by atoms with E-state index in [-0.39, 0.29) is 45.7 Å². The number of anilines is 2. The van der Waals surface area contributed by atoms with Crippen LogP contribution in [0.1, 0.15) is 16.8 Å². The molecule has 2 aromatic carbocycles. The fourth-order valence-electron chi connectivity index (χ4n) is 5.36. The van der Waals surface area contributed by atoms with Crippen LogP contribution in [0.2, 0.25) is 5.02 Å². The predicted octanol–water partition coefficient (Wildman–Crippen LogP) is 4.87. The molecule has 3 aliphatic rings. The number of rotatable bonds is 5. The fraction of sp³-hybridized carbons (Fsp3) is 0.333. The van der Waals surface area contributed by atoms with Crippen molar-refractivity contribution in [2.45, 2.75) is 17.2 Å². The molecule has 0 spiro atoms. The molecule has 11 heteroatoms. The first-order valence-electron chi connectivity index (χ1n) is 10.9. The van der Waals surface area contributed by atoms with Crippen molar-refractivity contribution in [3.8, 4) is 0 Å². The number of hydrogen-bond donors (Lipinski definition) is 1. The first-order valence-corrected chi connectivity index (χ1v) is 12.9. The van der Waals surface area contributed by atoms with Crippen molar-refractivity contribution < 1.29 is 23.9 Å². The number of benzene rings is 2. The molecule has 2 aliphatic carbocycles. The van der Waals surface area contributed by atoms with Crippen molar-refractivity contribution >= 4 is 85.8 Å². The number of carbonyl (C=O) groups is 4. The summed E-state index contributed by atoms with van der Waals surface area (Å²) in [7, 11) is 0. The molecule has 2 saturated carbocycles. The van der Waals surface area contributed by atoms with Gasteiger partial charge in [0, 0.05) is 10.2 Å². The Bertz CT molecular complexity index is 1230. The van der Waals surface area contributed by atoms with Gasteiger partial charge in [0.2, 0.25) is 11.8 Å². The molecule has 3 amide bonds. The highest BCUT2D eigenvalue weighted by Crippen LogP contribution is 2.59. The van der Waals surface area contributed by atoms with Crippen molar-refractivity contribution in [2.24, 2.45) is 23.7 Å². The van der Waals surface area contributed by atoms with Gasteiger partial charge in [-0.25, -0.2) is 4.79 Å². The summed E-state index contributed by atoms with van der Waals surface area (Å²) in [6.45, 7) is -0.528. The maximum Gasteiger partial charge on any atom is 0.338 e. The predicted molar refractivity (Wildman–Crippen MR) is 135 cm³/mol. The van der Waals surface area contributed by atoms with Crippen molar-refractivity contribution in [2.75, 3.05) is 16.8 Å². The molecule has 5 rings (SSSR count). The minimum Gasteiger partial charge on any atom is -0.452 e. The Hall–Kier alpha value is -2.13. The number of ether oxygens (including phenoxy) is 1. The summed E-state index contributed by atoms with van der Waals surface area (Å²) < 4.78 is 5.80. The Morgan fingerprint density at radius 1 is 1.03 bits per heavy atom. The summed E-state index contributed by atoms with van der Waals surface area (Å²) in [5.74, 6) is -3.21. The number of imide groups is 1. The standard InChI is InChI=1S/C24H18BrCl3N2O5/c25-15-5-4-11(7-16(15)26)29-17(31)9-35-24(34)10-2-1-3-12(6-10)30-22(32)18-13-8-14(19(18)23(30)33)21(28)20(13)27/h1-7,13-14,18-21H,8-9H2,(H,29,31)/t13-,14-,18-,19+,20+,21+/m1/s1. The third-order valence-electron chi connectivity index (χ3n) is 6.86. The first kappa shape index (κ1) is 24.6. The number of halogens is 4. The van der Waals surface area contributed by atoms with Crippen LogP contribution in [-0.4, -0.2) is 41.1 Å². The van der Waals surface area contributed by atoms with Gasteiger partial charge in [-0.3, -0.25) is 19.3 Å². The quantitative estimate of drug-likeness (QED) is 0.301. The number of esters is 1. The second kappa shape index (κ2) is 9.39. The van der Waals surface area contributed by atoms with Crippen LogP contribution in [0.5, 0.6) is 0 Å². The molecule has 1 heterocycles. The van der Waals surface area contributed by atoms with E-state index in [1.807, 2.05) is 0 Å². The summed E-state index contributed by atoms with van der Waals surface area (Å²) in [6.07, 6.45) is 0.671. The van der Waals surface area contributed by atoms with Gasteiger partial charge in [-0.15, -0.1) is 23.2 Å². The first-order chi connectivity index (χ1) is 16.7. The Labute approximate surface area is 224 Å². The van der Waals surface area contributed by atoms with E-state index in [9.17, 15) is 19.2 Å². The molecule has 1 aliphatic heterocycles. The van der Waals surface area contributed by atoms with Crippen molar-refractivity contribution in [1.29, 1.82) is 0 Å². The van der Waals surface area contributed by atoms with Crippen LogP contribution < -0.4 is 10.2 Å². The molecule has 2 aromatic rings. The van der Waals surface area contributed by atoms with Crippen LogP contribution >= 0.6 is 50.7 Å². The van der Waals surface area contributed by atoms with E-state index in [1.165, 1.54) is 12.1 Å². The van der Waals surface area contributed by atoms with Gasteiger partial charge in [0.15, 0.2) is 6.61 Å². The molecule has 1 N–H and O–H groups in total. The monoisotopic (exact) mass is 598 g/mol. The molecule has 182 valence electrons. The Kier molecular flexibility index (Phi) is 6.59. The minimum absolute atomic E-state index is 0.105. The largest absolute Gasteiger partial charge is 0.452 e. The maximum atomic E-state index is 13.2. The van der Waals surface area contributed by atoms with Crippen molar-refractivity contribution in [3.63, 3.8) is 0 Å². The van der Waals surface area contributed by atoms with Gasteiger partial charge in [0.1, 0.15) is 0 Å². The molecule has 35 heavy (non-hydrogen) atoms. The maximum absolute atomic E-state index is 13.2. The molecule has 7 nitrogen and oxygen atoms in total. The van der Waals surface area contributed by atoms with E-state index in [2.05, 4.69) is 21.2 Å². The van der Waals surface area contributed by atoms with E-state index in [1.54, 1.807) is 30.3 Å². The molecule has 0 unspecified atom stereocenters. The summed E-state index contributed by atoms with van der Waals surface area (Å²) >= 11 is 22.1. The molecule has 3 fully saturated rings. The van der Waals surface area contributed by atoms with Gasteiger partial charge < -0.3 is 10.1 Å². The molecule has 2 bridgehead atoms. The number of alkyl halides is 2. The normalized spacial score (nSPS) is 28.9. The van der Waals surface area contributed by atoms with Crippen LogP contribution in [0.15, 0.2) is 46.9 Å². The topological polar surface area (TPSA) is 92.8 Å². The number of nitrogens with one attached hydrogen (secondary N) is 1. The number of fused-ring (bicyclic) bond motifs is 5. The van der Waals surface area contributed by atoms with Gasteiger partial charge in [-0.05, 0) is 70.6 Å². The average molecular weight is 601 g/mol. The van der Waals surface area contributed by atoms with Crippen LogP contribution in [0.4, 0.5) is 11.4 Å². The lowest BCUT2D eigenvalue weighted by Crippen LogP contribution is -2.37. The van der Waals surface area contributed by atoms with Crippen LogP contribution in [0, 0.1) is 23.7 Å². The highest BCUT2D eigenvalue weighted by Gasteiger charge is 2.66. The summed E-state index contributed by atoms with van der Waals surface area (Å²) in [6, 6.07) is 10.9. The Balaban J connectivity index is 1.26. The summed E-state index contributed by atoms with van der Waals surface area (Å²) in [5, 5.41) is 2.31. The molecular weight excluding hydrogens is 583 g/mol. The number of carbonyl (C=O) groups excluding carboxylic acids is 4. The van der Waals surface area contributed by atoms with Gasteiger partial charge in [-0.1, -0.05) is 17.7 Å². The Morgan fingerprint density at radius 2 is 1.69 bits per heavy atom. The number of nitrogens with zero attached hydrogens (tertiary/aromatic N) is 1. The van der Waals surface area contributed by atoms with E-state index >= 15 is 0 Å². The molecule has 0 radical (unpaired) electrons. The zero-order valence-electron chi connectivity index (χ0n) is 17.9. The summed E-state index contributed by atoms with van der Waals surface area (Å²) in [5.41, 5.74) is 0.827. The fourth-order valence-corrected chi connectivity index (χ4v) is 6.68. The number of amides is 3. The molecular formula is C24H18BrCl3N2O5. The van der Waals surface area contributed by atoms with Crippen molar-refractivity contribution in [3.05, 3.63) is 57.5 Å². The van der Waals surface area contributed by atoms with Crippen LogP contribution in [-0.2, 0) is 19.1 Å². The second-order valence-corrected chi connectivity index (χ2v) is 11.1. The third-order valence-corrected chi connectivity index (χ3v) is 9.42. The summed E-state index contributed by atoms with van der Waals surface area (Å²) in [4.78, 5) is 52.2. The van der Waals surface area contributed by atoms with Gasteiger partial charge >= 0.3 is 5.97 Å². The minimum atomic E-state index is -0.767. The molecule has 1 saturated heterocycles. The van der Waals surface area contributed by atoms with Crippen molar-refractivity contribution in [1.82, 2.24) is 0 Å². The van der Waals surface area contributed by atoms with Gasteiger partial charge in [-0.2, -0.15) is 0 Å².